The molecule has 0 saturated heterocycles. The SMILES string of the molecule is COC(=O)c1ccc(NC(=O)CN(Cc2ccccc2)S(=O)(=O)c2ccc(F)cc2)cc1. The number of benzene rings is 3. The van der Waals surface area contributed by atoms with Gasteiger partial charge in [-0.05, 0) is 54.1 Å². The number of esters is 1. The number of nitrogens with zero attached hydrogens (tertiary/aromatic N) is 1. The number of carbonyl (C=O) groups is 2. The van der Waals surface area contributed by atoms with Crippen molar-refractivity contribution in [2.45, 2.75) is 11.4 Å². The molecule has 0 fully saturated rings. The molecule has 0 aliphatic carbocycles. The van der Waals surface area contributed by atoms with Crippen LogP contribution in [0.25, 0.3) is 0 Å². The molecule has 7 nitrogen and oxygen atoms in total. The molecule has 0 aliphatic heterocycles. The zero-order chi connectivity index (χ0) is 23.1. The van der Waals surface area contributed by atoms with E-state index in [0.717, 1.165) is 28.6 Å². The Labute approximate surface area is 185 Å². The van der Waals surface area contributed by atoms with Gasteiger partial charge in [0.15, 0.2) is 0 Å². The Balaban J connectivity index is 1.81. The predicted molar refractivity (Wildman–Crippen MR) is 117 cm³/mol. The fourth-order valence-electron chi connectivity index (χ4n) is 2.94. The number of hydrogen-bond donors (Lipinski definition) is 1. The standard InChI is InChI=1S/C23H21FN2O5S/c1-31-23(28)18-7-11-20(12-8-18)25-22(27)16-26(15-17-5-3-2-4-6-17)32(29,30)21-13-9-19(24)10-14-21/h2-14H,15-16H2,1H3,(H,25,27). The maximum Gasteiger partial charge on any atom is 0.337 e. The molecule has 0 aromatic heterocycles. The van der Waals surface area contributed by atoms with Crippen molar-refractivity contribution >= 4 is 27.6 Å². The van der Waals surface area contributed by atoms with Gasteiger partial charge < -0.3 is 10.1 Å². The van der Waals surface area contributed by atoms with Gasteiger partial charge in [-0.2, -0.15) is 4.31 Å². The summed E-state index contributed by atoms with van der Waals surface area (Å²) in [4.78, 5) is 24.1. The number of methoxy groups -OCH3 is 1. The van der Waals surface area contributed by atoms with Gasteiger partial charge in [-0.25, -0.2) is 17.6 Å². The van der Waals surface area contributed by atoms with E-state index in [0.29, 0.717) is 16.8 Å². The van der Waals surface area contributed by atoms with Crippen LogP contribution in [0.5, 0.6) is 0 Å². The summed E-state index contributed by atoms with van der Waals surface area (Å²) in [5, 5.41) is 2.62. The van der Waals surface area contributed by atoms with E-state index in [2.05, 4.69) is 10.1 Å². The Hall–Kier alpha value is -3.56. The average molecular weight is 456 g/mol. The summed E-state index contributed by atoms with van der Waals surface area (Å²) in [5.41, 5.74) is 1.39. The summed E-state index contributed by atoms with van der Waals surface area (Å²) >= 11 is 0. The van der Waals surface area contributed by atoms with Crippen molar-refractivity contribution in [1.29, 1.82) is 0 Å². The van der Waals surface area contributed by atoms with Gasteiger partial charge in [-0.3, -0.25) is 4.79 Å². The van der Waals surface area contributed by atoms with Gasteiger partial charge in [0.05, 0.1) is 24.1 Å². The third-order valence-electron chi connectivity index (χ3n) is 4.56. The third kappa shape index (κ3) is 5.77. The second-order valence-corrected chi connectivity index (χ2v) is 8.77. The number of nitrogens with one attached hydrogen (secondary N) is 1. The predicted octanol–water partition coefficient (Wildman–Crippen LogP) is 3.44. The van der Waals surface area contributed by atoms with Crippen molar-refractivity contribution in [2.24, 2.45) is 0 Å². The second-order valence-electron chi connectivity index (χ2n) is 6.83. The summed E-state index contributed by atoms with van der Waals surface area (Å²) in [7, 11) is -2.82. The summed E-state index contributed by atoms with van der Waals surface area (Å²) < 4.78 is 45.2. The Morgan fingerprint density at radius 1 is 0.938 bits per heavy atom. The first kappa shape index (κ1) is 23.1. The molecule has 3 rings (SSSR count). The van der Waals surface area contributed by atoms with E-state index < -0.39 is 34.3 Å². The van der Waals surface area contributed by atoms with Gasteiger partial charge in [-0.1, -0.05) is 30.3 Å². The highest BCUT2D eigenvalue weighted by Gasteiger charge is 2.27. The summed E-state index contributed by atoms with van der Waals surface area (Å²) in [5.74, 6) is -1.65. The van der Waals surface area contributed by atoms with E-state index in [1.165, 1.54) is 31.4 Å². The molecule has 0 atom stereocenters. The number of halogens is 1. The minimum absolute atomic E-state index is 0.0464. The number of hydrogen-bond acceptors (Lipinski definition) is 5. The van der Waals surface area contributed by atoms with Crippen molar-refractivity contribution in [2.75, 3.05) is 19.0 Å². The fourth-order valence-corrected chi connectivity index (χ4v) is 4.32. The molecule has 3 aromatic carbocycles. The van der Waals surface area contributed by atoms with Crippen molar-refractivity contribution in [3.63, 3.8) is 0 Å². The van der Waals surface area contributed by atoms with E-state index in [1.54, 1.807) is 30.3 Å². The van der Waals surface area contributed by atoms with Crippen molar-refractivity contribution in [1.82, 2.24) is 4.31 Å². The smallest absolute Gasteiger partial charge is 0.337 e. The van der Waals surface area contributed by atoms with Crippen LogP contribution in [0.2, 0.25) is 0 Å². The molecule has 0 aliphatic rings. The highest BCUT2D eigenvalue weighted by Crippen LogP contribution is 2.19. The highest BCUT2D eigenvalue weighted by molar-refractivity contribution is 7.89. The molecule has 0 spiro atoms. The Morgan fingerprint density at radius 2 is 1.56 bits per heavy atom. The van der Waals surface area contributed by atoms with Gasteiger partial charge in [0, 0.05) is 12.2 Å². The maximum atomic E-state index is 13.3. The minimum atomic E-state index is -4.08. The van der Waals surface area contributed by atoms with Crippen LogP contribution in [0.3, 0.4) is 0 Å². The molecular weight excluding hydrogens is 435 g/mol. The third-order valence-corrected chi connectivity index (χ3v) is 6.37. The van der Waals surface area contributed by atoms with E-state index in [1.807, 2.05) is 0 Å². The molecule has 0 radical (unpaired) electrons. The van der Waals surface area contributed by atoms with Crippen LogP contribution in [0.4, 0.5) is 10.1 Å². The lowest BCUT2D eigenvalue weighted by Gasteiger charge is -2.22. The monoisotopic (exact) mass is 456 g/mol. The van der Waals surface area contributed by atoms with Gasteiger partial charge >= 0.3 is 5.97 Å². The lowest BCUT2D eigenvalue weighted by atomic mass is 10.2. The zero-order valence-electron chi connectivity index (χ0n) is 17.2. The van der Waals surface area contributed by atoms with E-state index in [4.69, 9.17) is 0 Å². The van der Waals surface area contributed by atoms with Crippen molar-refractivity contribution < 1.29 is 27.1 Å². The van der Waals surface area contributed by atoms with Gasteiger partial charge in [0.1, 0.15) is 5.82 Å². The molecule has 0 saturated carbocycles. The molecule has 9 heteroatoms. The average Bonchev–Trinajstić information content (AvgIpc) is 2.79. The molecule has 166 valence electrons. The molecule has 0 bridgehead atoms. The highest BCUT2D eigenvalue weighted by atomic mass is 32.2. The first-order valence-electron chi connectivity index (χ1n) is 9.57. The zero-order valence-corrected chi connectivity index (χ0v) is 18.0. The Kier molecular flexibility index (Phi) is 7.34. The number of anilines is 1. The van der Waals surface area contributed by atoms with Gasteiger partial charge in [-0.15, -0.1) is 0 Å². The molecule has 1 N–H and O–H groups in total. The van der Waals surface area contributed by atoms with E-state index >= 15 is 0 Å². The number of amides is 1. The number of carbonyl (C=O) groups excluding carboxylic acids is 2. The van der Waals surface area contributed by atoms with E-state index in [9.17, 15) is 22.4 Å². The molecule has 3 aromatic rings. The summed E-state index contributed by atoms with van der Waals surface area (Å²) in [6, 6.07) is 19.2. The summed E-state index contributed by atoms with van der Waals surface area (Å²) in [6.45, 7) is -0.511. The van der Waals surface area contributed by atoms with Crippen molar-refractivity contribution in [3.8, 4) is 0 Å². The number of sulfonamides is 1. The maximum absolute atomic E-state index is 13.3. The number of ether oxygens (including phenoxy) is 1. The lowest BCUT2D eigenvalue weighted by Crippen LogP contribution is -2.37. The molecule has 0 heterocycles. The van der Waals surface area contributed by atoms with E-state index in [-0.39, 0.29) is 11.4 Å². The van der Waals surface area contributed by atoms with Crippen LogP contribution >= 0.6 is 0 Å². The Bertz CT molecular complexity index is 1180. The topological polar surface area (TPSA) is 92.8 Å². The Morgan fingerprint density at radius 3 is 2.16 bits per heavy atom. The molecule has 0 unspecified atom stereocenters. The summed E-state index contributed by atoms with van der Waals surface area (Å²) in [6.07, 6.45) is 0. The second kappa shape index (κ2) is 10.2. The van der Waals surface area contributed by atoms with Gasteiger partial charge in [0.2, 0.25) is 15.9 Å². The van der Waals surface area contributed by atoms with Crippen LogP contribution in [0, 0.1) is 5.82 Å². The van der Waals surface area contributed by atoms with Crippen molar-refractivity contribution in [3.05, 3.63) is 95.8 Å². The normalized spacial score (nSPS) is 11.2. The van der Waals surface area contributed by atoms with Crippen LogP contribution in [0.15, 0.2) is 83.8 Å². The minimum Gasteiger partial charge on any atom is -0.465 e. The number of rotatable bonds is 8. The largest absolute Gasteiger partial charge is 0.465 e. The van der Waals surface area contributed by atoms with Crippen LogP contribution < -0.4 is 5.32 Å². The quantitative estimate of drug-likeness (QED) is 0.524. The first-order valence-corrected chi connectivity index (χ1v) is 11.0. The van der Waals surface area contributed by atoms with Crippen LogP contribution in [-0.4, -0.2) is 38.3 Å². The van der Waals surface area contributed by atoms with Crippen LogP contribution in [-0.2, 0) is 26.1 Å². The molecular formula is C23H21FN2O5S. The first-order chi connectivity index (χ1) is 15.3. The lowest BCUT2D eigenvalue weighted by molar-refractivity contribution is -0.116. The fraction of sp³-hybridized carbons (Fsp3) is 0.130. The molecule has 1 amide bonds. The van der Waals surface area contributed by atoms with Crippen LogP contribution in [0.1, 0.15) is 15.9 Å². The molecule has 32 heavy (non-hydrogen) atoms. The van der Waals surface area contributed by atoms with Gasteiger partial charge in [0.25, 0.3) is 0 Å².